The summed E-state index contributed by atoms with van der Waals surface area (Å²) in [6, 6.07) is 3.13. The number of esters is 2. The predicted molar refractivity (Wildman–Crippen MR) is 150 cm³/mol. The van der Waals surface area contributed by atoms with Gasteiger partial charge >= 0.3 is 24.1 Å². The van der Waals surface area contributed by atoms with Gasteiger partial charge in [0.05, 0.1) is 0 Å². The number of carbonyl (C=O) groups is 4. The van der Waals surface area contributed by atoms with Crippen LogP contribution in [0.2, 0.25) is 0 Å². The first-order valence-corrected chi connectivity index (χ1v) is 14.2. The summed E-state index contributed by atoms with van der Waals surface area (Å²) in [7, 11) is 0. The molecule has 10 heteroatoms. The van der Waals surface area contributed by atoms with Gasteiger partial charge in [-0.2, -0.15) is 0 Å². The van der Waals surface area contributed by atoms with Crippen LogP contribution in [0.1, 0.15) is 105 Å². The van der Waals surface area contributed by atoms with E-state index in [1.165, 1.54) is 12.1 Å². The van der Waals surface area contributed by atoms with Crippen molar-refractivity contribution in [2.75, 3.05) is 0 Å². The van der Waals surface area contributed by atoms with Gasteiger partial charge in [0, 0.05) is 18.8 Å². The fourth-order valence-electron chi connectivity index (χ4n) is 4.00. The number of carboxylic acids is 1. The summed E-state index contributed by atoms with van der Waals surface area (Å²) < 4.78 is 21.7. The van der Waals surface area contributed by atoms with E-state index in [1.54, 1.807) is 19.9 Å². The Kier molecular flexibility index (Phi) is 15.3. The van der Waals surface area contributed by atoms with E-state index in [0.29, 0.717) is 12.0 Å². The fraction of sp³-hybridized carbons (Fsp3) is 0.667. The smallest absolute Gasteiger partial charge is 0.480 e. The van der Waals surface area contributed by atoms with Gasteiger partial charge in [-0.15, -0.1) is 0 Å². The molecule has 0 amide bonds. The molecule has 5 unspecified atom stereocenters. The molecule has 0 heterocycles. The number of nitrogens with two attached hydrogens (primary N) is 1. The molecule has 6 atom stereocenters. The van der Waals surface area contributed by atoms with Gasteiger partial charge in [0.25, 0.3) is 0 Å². The molecule has 0 saturated carbocycles. The van der Waals surface area contributed by atoms with E-state index in [0.717, 1.165) is 19.3 Å². The van der Waals surface area contributed by atoms with Gasteiger partial charge in [-0.1, -0.05) is 59.9 Å². The summed E-state index contributed by atoms with van der Waals surface area (Å²) >= 11 is 0. The molecule has 0 spiro atoms. The zero-order valence-corrected chi connectivity index (χ0v) is 24.9. The van der Waals surface area contributed by atoms with Gasteiger partial charge in [-0.05, 0) is 56.2 Å². The molecule has 0 radical (unpaired) electrons. The van der Waals surface area contributed by atoms with Crippen LogP contribution in [-0.2, 0) is 23.9 Å². The molecule has 0 fully saturated rings. The average molecular weight is 566 g/mol. The Morgan fingerprint density at radius 1 is 0.825 bits per heavy atom. The van der Waals surface area contributed by atoms with Crippen LogP contribution in [0.15, 0.2) is 18.2 Å². The van der Waals surface area contributed by atoms with Gasteiger partial charge in [0.2, 0.25) is 0 Å². The monoisotopic (exact) mass is 565 g/mol. The number of hydrogen-bond donors (Lipinski definition) is 2. The Labute approximate surface area is 237 Å². The van der Waals surface area contributed by atoms with Gasteiger partial charge in [-0.3, -0.25) is 14.4 Å². The number of rotatable bonds is 17. The van der Waals surface area contributed by atoms with E-state index >= 15 is 0 Å². The van der Waals surface area contributed by atoms with Crippen molar-refractivity contribution in [3.63, 3.8) is 0 Å². The molecule has 40 heavy (non-hydrogen) atoms. The third-order valence-corrected chi connectivity index (χ3v) is 6.86. The highest BCUT2D eigenvalue weighted by Crippen LogP contribution is 2.35. The minimum atomic E-state index is -1.36. The van der Waals surface area contributed by atoms with Crippen LogP contribution in [0.3, 0.4) is 0 Å². The molecule has 1 rings (SSSR count). The second-order valence-electron chi connectivity index (χ2n) is 10.7. The standard InChI is InChI=1S/C30H47NO9/c1-8-11-20(6)37-30(36)38-21(7)16-23(28(31)29(34)35)22-12-13-24(39-26(32)14-18(4)9-2)25(17-22)40-27(33)15-19(5)10-3/h12-13,17-21,23,28H,8-11,14-16,31H2,1-7H3,(H,34,35)/t18?,19?,20?,21?,23?,28-/m0/s1. The summed E-state index contributed by atoms with van der Waals surface area (Å²) in [4.78, 5) is 49.2. The molecule has 1 aromatic rings. The minimum Gasteiger partial charge on any atom is -0.480 e. The van der Waals surface area contributed by atoms with Crippen molar-refractivity contribution in [2.45, 2.75) is 118 Å². The third kappa shape index (κ3) is 12.4. The van der Waals surface area contributed by atoms with Gasteiger partial charge in [0.1, 0.15) is 18.2 Å². The van der Waals surface area contributed by atoms with Crippen molar-refractivity contribution < 1.29 is 43.2 Å². The Balaban J connectivity index is 3.29. The maximum atomic E-state index is 12.6. The first-order valence-electron chi connectivity index (χ1n) is 14.2. The molecular formula is C30H47NO9. The molecule has 0 aliphatic rings. The van der Waals surface area contributed by atoms with Crippen molar-refractivity contribution in [1.82, 2.24) is 0 Å². The first kappa shape index (κ1) is 34.9. The van der Waals surface area contributed by atoms with E-state index in [-0.39, 0.29) is 48.7 Å². The zero-order chi connectivity index (χ0) is 30.4. The van der Waals surface area contributed by atoms with Crippen LogP contribution >= 0.6 is 0 Å². The maximum absolute atomic E-state index is 12.6. The lowest BCUT2D eigenvalue weighted by Gasteiger charge is -2.25. The summed E-state index contributed by atoms with van der Waals surface area (Å²) in [5.74, 6) is -2.83. The predicted octanol–water partition coefficient (Wildman–Crippen LogP) is 5.99. The van der Waals surface area contributed by atoms with Crippen LogP contribution in [0.5, 0.6) is 11.5 Å². The van der Waals surface area contributed by atoms with Crippen LogP contribution < -0.4 is 15.2 Å². The second kappa shape index (κ2) is 17.5. The van der Waals surface area contributed by atoms with E-state index in [2.05, 4.69) is 0 Å². The molecule has 1 aromatic carbocycles. The molecule has 226 valence electrons. The minimum absolute atomic E-state index is 0.00716. The van der Waals surface area contributed by atoms with Crippen molar-refractivity contribution >= 4 is 24.1 Å². The number of carboxylic acid groups (broad SMARTS) is 1. The summed E-state index contributed by atoms with van der Waals surface area (Å²) in [6.07, 6.45) is 1.60. The summed E-state index contributed by atoms with van der Waals surface area (Å²) in [6.45, 7) is 13.1. The lowest BCUT2D eigenvalue weighted by Crippen LogP contribution is -2.38. The highest BCUT2D eigenvalue weighted by Gasteiger charge is 2.30. The highest BCUT2D eigenvalue weighted by molar-refractivity contribution is 5.77. The van der Waals surface area contributed by atoms with E-state index in [1.807, 2.05) is 34.6 Å². The number of carbonyl (C=O) groups excluding carboxylic acids is 3. The highest BCUT2D eigenvalue weighted by atomic mass is 16.7. The molecular weight excluding hydrogens is 518 g/mol. The van der Waals surface area contributed by atoms with Crippen molar-refractivity contribution in [2.24, 2.45) is 17.6 Å². The average Bonchev–Trinajstić information content (AvgIpc) is 2.87. The Hall–Kier alpha value is -3.14. The van der Waals surface area contributed by atoms with Crippen molar-refractivity contribution in [3.8, 4) is 11.5 Å². The van der Waals surface area contributed by atoms with Crippen LogP contribution in [0.4, 0.5) is 4.79 Å². The van der Waals surface area contributed by atoms with Crippen LogP contribution in [-0.4, -0.2) is 47.4 Å². The topological polar surface area (TPSA) is 151 Å². The quantitative estimate of drug-likeness (QED) is 0.170. The van der Waals surface area contributed by atoms with E-state index in [4.69, 9.17) is 24.7 Å². The molecule has 0 aliphatic heterocycles. The molecule has 0 bridgehead atoms. The summed E-state index contributed by atoms with van der Waals surface area (Å²) in [5.41, 5.74) is 6.47. The molecule has 0 aliphatic carbocycles. The lowest BCUT2D eigenvalue weighted by molar-refractivity contribution is -0.139. The molecule has 0 saturated heterocycles. The molecule has 10 nitrogen and oxygen atoms in total. The summed E-state index contributed by atoms with van der Waals surface area (Å²) in [5, 5.41) is 9.70. The first-order chi connectivity index (χ1) is 18.8. The third-order valence-electron chi connectivity index (χ3n) is 6.86. The Morgan fingerprint density at radius 3 is 1.85 bits per heavy atom. The lowest BCUT2D eigenvalue weighted by atomic mass is 9.87. The van der Waals surface area contributed by atoms with Gasteiger partial charge in [-0.25, -0.2) is 4.79 Å². The van der Waals surface area contributed by atoms with Crippen molar-refractivity contribution in [3.05, 3.63) is 23.8 Å². The molecule has 3 N–H and O–H groups in total. The number of benzene rings is 1. The van der Waals surface area contributed by atoms with Gasteiger partial charge in [0.15, 0.2) is 11.5 Å². The van der Waals surface area contributed by atoms with Crippen LogP contribution in [0, 0.1) is 11.8 Å². The van der Waals surface area contributed by atoms with E-state index in [9.17, 15) is 24.3 Å². The SMILES string of the molecule is CCCC(C)OC(=O)OC(C)CC(c1ccc(OC(=O)CC(C)CC)c(OC(=O)CC(C)CC)c1)[C@H](N)C(=O)O. The van der Waals surface area contributed by atoms with Crippen LogP contribution in [0.25, 0.3) is 0 Å². The normalized spacial score (nSPS) is 15.6. The molecule has 0 aromatic heterocycles. The largest absolute Gasteiger partial charge is 0.508 e. The van der Waals surface area contributed by atoms with Crippen molar-refractivity contribution in [1.29, 1.82) is 0 Å². The second-order valence-corrected chi connectivity index (χ2v) is 10.7. The number of hydrogen-bond acceptors (Lipinski definition) is 9. The van der Waals surface area contributed by atoms with E-state index < -0.39 is 42.1 Å². The maximum Gasteiger partial charge on any atom is 0.508 e. The number of ether oxygens (including phenoxy) is 4. The number of aliphatic carboxylic acids is 1. The zero-order valence-electron chi connectivity index (χ0n) is 24.9. The fourth-order valence-corrected chi connectivity index (χ4v) is 4.00. The Morgan fingerprint density at radius 2 is 1.35 bits per heavy atom. The Bertz CT molecular complexity index is 980. The van der Waals surface area contributed by atoms with Gasteiger partial charge < -0.3 is 29.8 Å².